The van der Waals surface area contributed by atoms with E-state index in [1.54, 1.807) is 31.2 Å². The topological polar surface area (TPSA) is 25.8 Å². The van der Waals surface area contributed by atoms with Gasteiger partial charge in [-0.25, -0.2) is 9.97 Å². The fourth-order valence-corrected chi connectivity index (χ4v) is 1.57. The second kappa shape index (κ2) is 4.76. The Morgan fingerprint density at radius 2 is 1.78 bits per heavy atom. The molecule has 0 N–H and O–H groups in total. The van der Waals surface area contributed by atoms with Crippen molar-refractivity contribution in [2.75, 3.05) is 0 Å². The van der Waals surface area contributed by atoms with Crippen molar-refractivity contribution in [3.63, 3.8) is 0 Å². The molecule has 0 aliphatic carbocycles. The molecule has 1 aromatic heterocycles. The van der Waals surface area contributed by atoms with Crippen molar-refractivity contribution in [3.05, 3.63) is 47.8 Å². The molecule has 0 spiro atoms. The van der Waals surface area contributed by atoms with E-state index in [2.05, 4.69) is 9.97 Å². The van der Waals surface area contributed by atoms with Crippen LogP contribution in [0.3, 0.4) is 0 Å². The lowest BCUT2D eigenvalue weighted by atomic mass is 10.1. The lowest BCUT2D eigenvalue weighted by molar-refractivity contribution is -0.127. The van der Waals surface area contributed by atoms with Gasteiger partial charge in [-0.3, -0.25) is 0 Å². The molecule has 1 aromatic carbocycles. The molecule has 0 aliphatic rings. The molecular weight excluding hydrogens is 241 g/mol. The highest BCUT2D eigenvalue weighted by molar-refractivity contribution is 5.54. The van der Waals surface area contributed by atoms with Crippen LogP contribution in [0.2, 0.25) is 0 Å². The molecule has 0 saturated carbocycles. The van der Waals surface area contributed by atoms with Crippen LogP contribution >= 0.6 is 0 Å². The van der Waals surface area contributed by atoms with Crippen molar-refractivity contribution in [2.45, 2.75) is 19.5 Å². The summed E-state index contributed by atoms with van der Waals surface area (Å²) in [4.78, 5) is 8.06. The van der Waals surface area contributed by atoms with Gasteiger partial charge in [0.05, 0.1) is 12.1 Å². The number of nitrogens with zero attached hydrogens (tertiary/aromatic N) is 2. The minimum atomic E-state index is -4.26. The maximum Gasteiger partial charge on any atom is 0.394 e. The highest BCUT2D eigenvalue weighted by Gasteiger charge is 2.29. The van der Waals surface area contributed by atoms with E-state index in [9.17, 15) is 13.2 Å². The van der Waals surface area contributed by atoms with E-state index in [1.165, 1.54) is 6.20 Å². The number of hydrogen-bond donors (Lipinski definition) is 0. The van der Waals surface area contributed by atoms with Crippen molar-refractivity contribution in [2.24, 2.45) is 0 Å². The van der Waals surface area contributed by atoms with Crippen LogP contribution in [0.25, 0.3) is 11.4 Å². The lowest BCUT2D eigenvalue weighted by Crippen LogP contribution is -2.14. The van der Waals surface area contributed by atoms with E-state index in [-0.39, 0.29) is 5.69 Å². The van der Waals surface area contributed by atoms with Crippen LogP contribution in [0.4, 0.5) is 13.2 Å². The first-order chi connectivity index (χ1) is 8.46. The summed E-state index contributed by atoms with van der Waals surface area (Å²) in [6, 6.07) is 8.95. The van der Waals surface area contributed by atoms with Gasteiger partial charge in [0.2, 0.25) is 0 Å². The van der Waals surface area contributed by atoms with Gasteiger partial charge < -0.3 is 0 Å². The van der Waals surface area contributed by atoms with E-state index in [0.717, 1.165) is 0 Å². The van der Waals surface area contributed by atoms with Crippen LogP contribution in [0, 0.1) is 6.92 Å². The van der Waals surface area contributed by atoms with E-state index in [4.69, 9.17) is 0 Å². The van der Waals surface area contributed by atoms with Gasteiger partial charge in [-0.1, -0.05) is 30.3 Å². The molecule has 0 saturated heterocycles. The van der Waals surface area contributed by atoms with Crippen LogP contribution in [-0.2, 0) is 6.42 Å². The number of benzene rings is 1. The number of halogens is 3. The van der Waals surface area contributed by atoms with Gasteiger partial charge in [0, 0.05) is 11.8 Å². The van der Waals surface area contributed by atoms with Crippen molar-refractivity contribution in [3.8, 4) is 11.4 Å². The monoisotopic (exact) mass is 252 g/mol. The van der Waals surface area contributed by atoms with E-state index >= 15 is 0 Å². The molecule has 0 fully saturated rings. The Balaban J connectivity index is 2.38. The summed E-state index contributed by atoms with van der Waals surface area (Å²) in [5, 5.41) is 0. The van der Waals surface area contributed by atoms with Gasteiger partial charge in [-0.2, -0.15) is 13.2 Å². The summed E-state index contributed by atoms with van der Waals surface area (Å²) in [5.41, 5.74) is 1.18. The Hall–Kier alpha value is -1.91. The molecule has 1 heterocycles. The summed E-state index contributed by atoms with van der Waals surface area (Å²) >= 11 is 0. The van der Waals surface area contributed by atoms with Crippen LogP contribution < -0.4 is 0 Å². The Morgan fingerprint density at radius 3 is 2.39 bits per heavy atom. The van der Waals surface area contributed by atoms with Crippen molar-refractivity contribution >= 4 is 0 Å². The quantitative estimate of drug-likeness (QED) is 0.816. The smallest absolute Gasteiger partial charge is 0.236 e. The van der Waals surface area contributed by atoms with E-state index in [1.807, 2.05) is 6.07 Å². The molecule has 2 aromatic rings. The summed E-state index contributed by atoms with van der Waals surface area (Å²) in [5.74, 6) is 0.320. The molecule has 94 valence electrons. The van der Waals surface area contributed by atoms with Gasteiger partial charge in [-0.05, 0) is 12.5 Å². The molecule has 2 nitrogen and oxygen atoms in total. The number of aryl methyl sites for hydroxylation is 1. The first kappa shape index (κ1) is 12.5. The molecule has 2 rings (SSSR count). The number of hydrogen-bond acceptors (Lipinski definition) is 2. The molecule has 0 aliphatic heterocycles. The summed E-state index contributed by atoms with van der Waals surface area (Å²) in [6.45, 7) is 1.58. The molecule has 0 bridgehead atoms. The highest BCUT2D eigenvalue weighted by Crippen LogP contribution is 2.23. The first-order valence-corrected chi connectivity index (χ1v) is 5.40. The fraction of sp³-hybridized carbons (Fsp3) is 0.231. The Bertz CT molecular complexity index is 536. The van der Waals surface area contributed by atoms with E-state index in [0.29, 0.717) is 17.0 Å². The maximum atomic E-state index is 12.4. The molecule has 18 heavy (non-hydrogen) atoms. The highest BCUT2D eigenvalue weighted by atomic mass is 19.4. The van der Waals surface area contributed by atoms with Crippen LogP contribution in [-0.4, -0.2) is 16.1 Å². The van der Waals surface area contributed by atoms with Gasteiger partial charge in [0.15, 0.2) is 5.82 Å². The molecule has 0 amide bonds. The standard InChI is InChI=1S/C13H11F3N2/c1-9-8-17-12(10-5-3-2-4-6-10)18-11(9)7-13(14,15)16/h2-6,8H,7H2,1H3. The minimum Gasteiger partial charge on any atom is -0.236 e. The molecule has 0 atom stereocenters. The van der Waals surface area contributed by atoms with Gasteiger partial charge in [-0.15, -0.1) is 0 Å². The van der Waals surface area contributed by atoms with Gasteiger partial charge in [0.25, 0.3) is 0 Å². The maximum absolute atomic E-state index is 12.4. The van der Waals surface area contributed by atoms with Gasteiger partial charge >= 0.3 is 6.18 Å². The third-order valence-electron chi connectivity index (χ3n) is 2.48. The number of aromatic nitrogens is 2. The Morgan fingerprint density at radius 1 is 1.11 bits per heavy atom. The summed E-state index contributed by atoms with van der Waals surface area (Å²) in [7, 11) is 0. The fourth-order valence-electron chi connectivity index (χ4n) is 1.57. The number of alkyl halides is 3. The normalized spacial score (nSPS) is 11.6. The van der Waals surface area contributed by atoms with Crippen molar-refractivity contribution < 1.29 is 13.2 Å². The first-order valence-electron chi connectivity index (χ1n) is 5.40. The number of rotatable bonds is 2. The largest absolute Gasteiger partial charge is 0.394 e. The SMILES string of the molecule is Cc1cnc(-c2ccccc2)nc1CC(F)(F)F. The second-order valence-electron chi connectivity index (χ2n) is 3.98. The van der Waals surface area contributed by atoms with Crippen LogP contribution in [0.5, 0.6) is 0 Å². The Labute approximate surface area is 103 Å². The summed E-state index contributed by atoms with van der Waals surface area (Å²) in [6.07, 6.45) is -3.86. The molecule has 5 heteroatoms. The lowest BCUT2D eigenvalue weighted by Gasteiger charge is -2.09. The van der Waals surface area contributed by atoms with Crippen LogP contribution in [0.1, 0.15) is 11.3 Å². The Kier molecular flexibility index (Phi) is 3.32. The van der Waals surface area contributed by atoms with Crippen molar-refractivity contribution in [1.82, 2.24) is 9.97 Å². The zero-order valence-electron chi connectivity index (χ0n) is 9.70. The molecule has 0 radical (unpaired) electrons. The summed E-state index contributed by atoms with van der Waals surface area (Å²) < 4.78 is 37.2. The van der Waals surface area contributed by atoms with Crippen molar-refractivity contribution in [1.29, 1.82) is 0 Å². The minimum absolute atomic E-state index is 0.0244. The van der Waals surface area contributed by atoms with Crippen LogP contribution in [0.15, 0.2) is 36.5 Å². The third kappa shape index (κ3) is 3.06. The van der Waals surface area contributed by atoms with E-state index < -0.39 is 12.6 Å². The predicted molar refractivity (Wildman–Crippen MR) is 62.0 cm³/mol. The zero-order chi connectivity index (χ0) is 13.2. The molecule has 0 unspecified atom stereocenters. The average molecular weight is 252 g/mol. The second-order valence-corrected chi connectivity index (χ2v) is 3.98. The molecular formula is C13H11F3N2. The zero-order valence-corrected chi connectivity index (χ0v) is 9.70. The average Bonchev–Trinajstić information content (AvgIpc) is 2.31. The van der Waals surface area contributed by atoms with Gasteiger partial charge in [0.1, 0.15) is 0 Å². The predicted octanol–water partition coefficient (Wildman–Crippen LogP) is 3.56. The third-order valence-corrected chi connectivity index (χ3v) is 2.48.